The second-order valence-electron chi connectivity index (χ2n) is 3.76. The van der Waals surface area contributed by atoms with Crippen molar-refractivity contribution >= 4 is 11.8 Å². The van der Waals surface area contributed by atoms with Gasteiger partial charge in [0.2, 0.25) is 0 Å². The zero-order valence-corrected chi connectivity index (χ0v) is 11.3. The molecule has 1 heterocycles. The van der Waals surface area contributed by atoms with Crippen LogP contribution in [0.25, 0.3) is 0 Å². The maximum atomic E-state index is 2.40. The Morgan fingerprint density at radius 2 is 1.71 bits per heavy atom. The average Bonchev–Trinajstić information content (AvgIpc) is 2.38. The summed E-state index contributed by atoms with van der Waals surface area (Å²) in [7, 11) is 0. The highest BCUT2D eigenvalue weighted by Crippen LogP contribution is 2.42. The first kappa shape index (κ1) is 14.1. The SMILES string of the molecule is C1=C2Cc3ccccc3SC2=CCC1.CC.O. The van der Waals surface area contributed by atoms with E-state index in [0.717, 1.165) is 6.42 Å². The Kier molecular flexibility index (Phi) is 5.52. The third-order valence-corrected chi connectivity index (χ3v) is 4.04. The zero-order chi connectivity index (χ0) is 11.4. The minimum Gasteiger partial charge on any atom is -0.412 e. The molecule has 0 aromatic heterocycles. The first-order valence-corrected chi connectivity index (χ1v) is 6.90. The summed E-state index contributed by atoms with van der Waals surface area (Å²) >= 11 is 1.93. The number of allylic oxidation sites excluding steroid dienone is 3. The molecule has 0 radical (unpaired) electrons. The fourth-order valence-corrected chi connectivity index (χ4v) is 3.19. The molecule has 1 aromatic carbocycles. The van der Waals surface area contributed by atoms with Crippen molar-refractivity contribution in [1.29, 1.82) is 0 Å². The van der Waals surface area contributed by atoms with Gasteiger partial charge in [0.1, 0.15) is 0 Å². The maximum absolute atomic E-state index is 2.40. The van der Waals surface area contributed by atoms with Gasteiger partial charge < -0.3 is 5.48 Å². The smallest absolute Gasteiger partial charge is 0.0157 e. The summed E-state index contributed by atoms with van der Waals surface area (Å²) in [5.74, 6) is 0. The Morgan fingerprint density at radius 3 is 2.53 bits per heavy atom. The van der Waals surface area contributed by atoms with Crippen molar-refractivity contribution in [1.82, 2.24) is 0 Å². The molecule has 0 unspecified atom stereocenters. The van der Waals surface area contributed by atoms with Crippen molar-refractivity contribution in [2.75, 3.05) is 0 Å². The molecule has 92 valence electrons. The summed E-state index contributed by atoms with van der Waals surface area (Å²) in [4.78, 5) is 2.94. The molecule has 0 saturated heterocycles. The van der Waals surface area contributed by atoms with Crippen molar-refractivity contribution in [2.24, 2.45) is 0 Å². The molecule has 1 aliphatic heterocycles. The van der Waals surface area contributed by atoms with Gasteiger partial charge in [0, 0.05) is 9.80 Å². The molecule has 3 rings (SSSR count). The second kappa shape index (κ2) is 6.67. The lowest BCUT2D eigenvalue weighted by molar-refractivity contribution is 0.824. The van der Waals surface area contributed by atoms with Crippen molar-refractivity contribution < 1.29 is 5.48 Å². The van der Waals surface area contributed by atoms with E-state index in [9.17, 15) is 0 Å². The summed E-state index contributed by atoms with van der Waals surface area (Å²) < 4.78 is 0. The first-order chi connectivity index (χ1) is 7.93. The van der Waals surface area contributed by atoms with Crippen LogP contribution in [0.5, 0.6) is 0 Å². The van der Waals surface area contributed by atoms with E-state index in [0.29, 0.717) is 0 Å². The van der Waals surface area contributed by atoms with Crippen LogP contribution in [0.4, 0.5) is 0 Å². The van der Waals surface area contributed by atoms with Gasteiger partial charge in [-0.1, -0.05) is 56.0 Å². The number of benzene rings is 1. The predicted octanol–water partition coefficient (Wildman–Crippen LogP) is 4.14. The Morgan fingerprint density at radius 1 is 1.00 bits per heavy atom. The highest BCUT2D eigenvalue weighted by Gasteiger charge is 2.18. The Hall–Kier alpha value is -0.990. The van der Waals surface area contributed by atoms with Crippen LogP contribution in [0.2, 0.25) is 0 Å². The predicted molar refractivity (Wildman–Crippen MR) is 76.4 cm³/mol. The van der Waals surface area contributed by atoms with Gasteiger partial charge in [-0.05, 0) is 36.5 Å². The minimum atomic E-state index is 0. The molecule has 1 aromatic rings. The Bertz CT molecular complexity index is 391. The van der Waals surface area contributed by atoms with Crippen LogP contribution >= 0.6 is 11.8 Å². The summed E-state index contributed by atoms with van der Waals surface area (Å²) in [5, 5.41) is 0. The van der Waals surface area contributed by atoms with Crippen molar-refractivity contribution in [2.45, 2.75) is 38.0 Å². The van der Waals surface area contributed by atoms with Gasteiger partial charge >= 0.3 is 0 Å². The molecule has 2 aliphatic rings. The number of fused-ring (bicyclic) bond motifs is 2. The van der Waals surface area contributed by atoms with Crippen LogP contribution in [-0.4, -0.2) is 5.48 Å². The maximum Gasteiger partial charge on any atom is 0.0157 e. The van der Waals surface area contributed by atoms with Gasteiger partial charge in [-0.15, -0.1) is 0 Å². The molecule has 0 amide bonds. The van der Waals surface area contributed by atoms with E-state index in [1.54, 1.807) is 5.57 Å². The summed E-state index contributed by atoms with van der Waals surface area (Å²) in [6.45, 7) is 4.00. The lowest BCUT2D eigenvalue weighted by atomic mass is 9.99. The largest absolute Gasteiger partial charge is 0.412 e. The van der Waals surface area contributed by atoms with E-state index in [-0.39, 0.29) is 5.48 Å². The monoisotopic (exact) mass is 248 g/mol. The van der Waals surface area contributed by atoms with Crippen LogP contribution < -0.4 is 0 Å². The standard InChI is InChI=1S/C13H12S.C2H6.H2O/c1-3-7-12-10(5-1)9-11-6-2-4-8-13(11)14-12;1-2;/h1,3,5-8H,2,4,9H2;1-2H3;1H2. The van der Waals surface area contributed by atoms with Crippen LogP contribution in [0.3, 0.4) is 0 Å². The fraction of sp³-hybridized carbons (Fsp3) is 0.333. The lowest BCUT2D eigenvalue weighted by Gasteiger charge is -2.23. The van der Waals surface area contributed by atoms with Crippen LogP contribution in [0.1, 0.15) is 32.3 Å². The van der Waals surface area contributed by atoms with Gasteiger partial charge in [0.25, 0.3) is 0 Å². The molecule has 0 bridgehead atoms. The lowest BCUT2D eigenvalue weighted by Crippen LogP contribution is -2.03. The van der Waals surface area contributed by atoms with E-state index < -0.39 is 0 Å². The number of hydrogen-bond donors (Lipinski definition) is 0. The van der Waals surface area contributed by atoms with Gasteiger partial charge in [0.15, 0.2) is 0 Å². The first-order valence-electron chi connectivity index (χ1n) is 6.09. The van der Waals surface area contributed by atoms with E-state index >= 15 is 0 Å². The third kappa shape index (κ3) is 3.02. The van der Waals surface area contributed by atoms with Gasteiger partial charge in [-0.25, -0.2) is 0 Å². The zero-order valence-electron chi connectivity index (χ0n) is 10.5. The third-order valence-electron chi connectivity index (χ3n) is 2.78. The average molecular weight is 248 g/mol. The quantitative estimate of drug-likeness (QED) is 0.679. The molecule has 0 spiro atoms. The van der Waals surface area contributed by atoms with Gasteiger partial charge in [0.05, 0.1) is 0 Å². The summed E-state index contributed by atoms with van der Waals surface area (Å²) in [6.07, 6.45) is 8.36. The van der Waals surface area contributed by atoms with E-state index in [1.165, 1.54) is 28.2 Å². The van der Waals surface area contributed by atoms with E-state index in [1.807, 2.05) is 25.6 Å². The number of rotatable bonds is 0. The molecule has 1 nitrogen and oxygen atoms in total. The fourth-order valence-electron chi connectivity index (χ4n) is 2.04. The van der Waals surface area contributed by atoms with Crippen molar-refractivity contribution in [3.63, 3.8) is 0 Å². The second-order valence-corrected chi connectivity index (χ2v) is 4.85. The van der Waals surface area contributed by atoms with Gasteiger partial charge in [-0.2, -0.15) is 0 Å². The summed E-state index contributed by atoms with van der Waals surface area (Å²) in [6, 6.07) is 8.74. The van der Waals surface area contributed by atoms with E-state index in [2.05, 4.69) is 36.4 Å². The van der Waals surface area contributed by atoms with Crippen LogP contribution in [0, 0.1) is 0 Å². The molecule has 1 aliphatic carbocycles. The Balaban J connectivity index is 0.000000459. The van der Waals surface area contributed by atoms with Crippen LogP contribution in [-0.2, 0) is 6.42 Å². The molecule has 2 heteroatoms. The molecule has 17 heavy (non-hydrogen) atoms. The Labute approximate surface area is 108 Å². The molecule has 0 saturated carbocycles. The number of thioether (sulfide) groups is 1. The number of hydrogen-bond acceptors (Lipinski definition) is 1. The molecular weight excluding hydrogens is 228 g/mol. The molecule has 0 fully saturated rings. The molecule has 2 N–H and O–H groups in total. The van der Waals surface area contributed by atoms with E-state index in [4.69, 9.17) is 0 Å². The molecule has 0 atom stereocenters. The normalized spacial score (nSPS) is 16.1. The summed E-state index contributed by atoms with van der Waals surface area (Å²) in [5.41, 5.74) is 3.03. The van der Waals surface area contributed by atoms with Crippen LogP contribution in [0.15, 0.2) is 51.8 Å². The minimum absolute atomic E-state index is 0. The van der Waals surface area contributed by atoms with Crippen molar-refractivity contribution in [3.8, 4) is 0 Å². The topological polar surface area (TPSA) is 31.5 Å². The highest BCUT2D eigenvalue weighted by molar-refractivity contribution is 8.03. The molecular formula is C15H20OS. The van der Waals surface area contributed by atoms with Gasteiger partial charge in [-0.3, -0.25) is 0 Å². The van der Waals surface area contributed by atoms with Crippen molar-refractivity contribution in [3.05, 3.63) is 52.5 Å². The highest BCUT2D eigenvalue weighted by atomic mass is 32.2.